The third-order valence-corrected chi connectivity index (χ3v) is 11.0. The molecule has 2 radical (unpaired) electrons. The second kappa shape index (κ2) is 9.11. The maximum atomic E-state index is 7.07. The van der Waals surface area contributed by atoms with E-state index in [-0.39, 0.29) is 11.1 Å². The van der Waals surface area contributed by atoms with Gasteiger partial charge in [-0.25, -0.2) is 0 Å². The van der Waals surface area contributed by atoms with E-state index in [2.05, 4.69) is 75.2 Å². The van der Waals surface area contributed by atoms with Crippen molar-refractivity contribution < 1.29 is 13.9 Å². The minimum atomic E-state index is -2.70. The fraction of sp³-hybridized carbons (Fsp3) is 0.440. The summed E-state index contributed by atoms with van der Waals surface area (Å²) in [6, 6.07) is 20.7. The van der Waals surface area contributed by atoms with Gasteiger partial charge in [-0.05, 0) is 21.8 Å². The molecule has 1 aliphatic rings. The Morgan fingerprint density at radius 3 is 2.07 bits per heavy atom. The van der Waals surface area contributed by atoms with Crippen molar-refractivity contribution in [1.29, 1.82) is 0 Å². The molecule has 5 heteroatoms. The predicted octanol–water partition coefficient (Wildman–Crippen LogP) is 3.26. The number of hydrogen-bond donors (Lipinski definition) is 0. The lowest BCUT2D eigenvalue weighted by atomic mass is 9.90. The van der Waals surface area contributed by atoms with Gasteiger partial charge in [0.2, 0.25) is 0 Å². The molecule has 0 aromatic heterocycles. The summed E-state index contributed by atoms with van der Waals surface area (Å²) in [6.07, 6.45) is 6.51. The molecule has 0 aliphatic carbocycles. The first-order chi connectivity index (χ1) is 14.3. The molecule has 0 saturated carbocycles. The van der Waals surface area contributed by atoms with E-state index in [0.29, 0.717) is 19.4 Å². The van der Waals surface area contributed by atoms with Crippen molar-refractivity contribution in [2.75, 3.05) is 13.7 Å². The molecule has 0 amide bonds. The Hall–Kier alpha value is -1.84. The number of benzene rings is 2. The highest BCUT2D eigenvalue weighted by Crippen LogP contribution is 2.40. The SMILES string of the molecule is [B][C@H]1C[C@H](OC)[C@@](CC#C)(CO[Si](c2ccccc2)(c2ccccc2)C(C)(C)C)O1. The zero-order valence-corrected chi connectivity index (χ0v) is 19.4. The normalized spacial score (nSPS) is 24.5. The van der Waals surface area contributed by atoms with Crippen LogP contribution in [0.4, 0.5) is 0 Å². The van der Waals surface area contributed by atoms with Crippen LogP contribution in [-0.4, -0.2) is 47.6 Å². The number of rotatable bonds is 7. The molecule has 0 unspecified atom stereocenters. The topological polar surface area (TPSA) is 27.7 Å². The lowest BCUT2D eigenvalue weighted by Gasteiger charge is -2.45. The Balaban J connectivity index is 2.11. The van der Waals surface area contributed by atoms with Gasteiger partial charge < -0.3 is 13.9 Å². The first-order valence-corrected chi connectivity index (χ1v) is 12.3. The Bertz CT molecular complexity index is 820. The Kier molecular flexibility index (Phi) is 6.94. The smallest absolute Gasteiger partial charge is 0.261 e. The fourth-order valence-corrected chi connectivity index (χ4v) is 9.28. The van der Waals surface area contributed by atoms with Crippen molar-refractivity contribution in [1.82, 2.24) is 0 Å². The minimum Gasteiger partial charge on any atom is -0.404 e. The summed E-state index contributed by atoms with van der Waals surface area (Å²) in [6.45, 7) is 7.09. The molecule has 2 aromatic carbocycles. The van der Waals surface area contributed by atoms with Crippen molar-refractivity contribution in [3.05, 3.63) is 60.7 Å². The van der Waals surface area contributed by atoms with E-state index in [1.807, 2.05) is 12.1 Å². The maximum Gasteiger partial charge on any atom is 0.261 e. The summed E-state index contributed by atoms with van der Waals surface area (Å²) < 4.78 is 19.0. The predicted molar refractivity (Wildman–Crippen MR) is 126 cm³/mol. The fourth-order valence-electron chi connectivity index (χ4n) is 4.66. The monoisotopic (exact) mass is 418 g/mol. The quantitative estimate of drug-likeness (QED) is 0.511. The molecule has 2 aromatic rings. The molecular formula is C25H31BO3Si. The van der Waals surface area contributed by atoms with Gasteiger partial charge in [0, 0.05) is 19.5 Å². The minimum absolute atomic E-state index is 0.129. The first kappa shape index (κ1) is 22.8. The zero-order valence-electron chi connectivity index (χ0n) is 18.4. The van der Waals surface area contributed by atoms with Crippen molar-refractivity contribution >= 4 is 26.5 Å². The van der Waals surface area contributed by atoms with Gasteiger partial charge in [0.15, 0.2) is 0 Å². The third-order valence-electron chi connectivity index (χ3n) is 6.05. The Labute approximate surface area is 183 Å². The summed E-state index contributed by atoms with van der Waals surface area (Å²) >= 11 is 0. The summed E-state index contributed by atoms with van der Waals surface area (Å²) in [4.78, 5) is 0. The zero-order chi connectivity index (χ0) is 21.8. The average molecular weight is 418 g/mol. The molecule has 0 N–H and O–H groups in total. The van der Waals surface area contributed by atoms with Crippen LogP contribution in [0.3, 0.4) is 0 Å². The van der Waals surface area contributed by atoms with E-state index in [0.717, 1.165) is 0 Å². The summed E-state index contributed by atoms with van der Waals surface area (Å²) in [5.74, 6) is 2.76. The second-order valence-electron chi connectivity index (χ2n) is 9.01. The molecule has 3 nitrogen and oxygen atoms in total. The van der Waals surface area contributed by atoms with E-state index >= 15 is 0 Å². The molecule has 0 spiro atoms. The molecular weight excluding hydrogens is 387 g/mol. The van der Waals surface area contributed by atoms with E-state index in [4.69, 9.17) is 28.2 Å². The molecule has 156 valence electrons. The molecule has 1 heterocycles. The van der Waals surface area contributed by atoms with E-state index in [1.54, 1.807) is 7.11 Å². The third kappa shape index (κ3) is 4.15. The van der Waals surface area contributed by atoms with Crippen LogP contribution in [0.2, 0.25) is 5.04 Å². The van der Waals surface area contributed by atoms with Gasteiger partial charge in [-0.3, -0.25) is 0 Å². The van der Waals surface area contributed by atoms with Crippen LogP contribution in [-0.2, 0) is 13.9 Å². The van der Waals surface area contributed by atoms with Gasteiger partial charge in [0.1, 0.15) is 13.4 Å². The molecule has 30 heavy (non-hydrogen) atoms. The van der Waals surface area contributed by atoms with Crippen LogP contribution in [0.25, 0.3) is 0 Å². The van der Waals surface area contributed by atoms with Crippen molar-refractivity contribution in [2.45, 2.75) is 56.4 Å². The van der Waals surface area contributed by atoms with Gasteiger partial charge in [0.05, 0.1) is 12.7 Å². The number of methoxy groups -OCH3 is 1. The lowest BCUT2D eigenvalue weighted by Crippen LogP contribution is -2.68. The number of hydrogen-bond acceptors (Lipinski definition) is 3. The number of terminal acetylenes is 1. The number of ether oxygens (including phenoxy) is 2. The van der Waals surface area contributed by atoms with Crippen molar-refractivity contribution in [2.24, 2.45) is 0 Å². The van der Waals surface area contributed by atoms with Gasteiger partial charge in [-0.1, -0.05) is 81.4 Å². The van der Waals surface area contributed by atoms with Crippen LogP contribution in [0, 0.1) is 12.3 Å². The van der Waals surface area contributed by atoms with Crippen LogP contribution in [0.5, 0.6) is 0 Å². The molecule has 3 rings (SSSR count). The summed E-state index contributed by atoms with van der Waals surface area (Å²) in [5.41, 5.74) is -0.754. The maximum absolute atomic E-state index is 7.07. The largest absolute Gasteiger partial charge is 0.404 e. The highest BCUT2D eigenvalue weighted by molar-refractivity contribution is 6.99. The van der Waals surface area contributed by atoms with Crippen LogP contribution in [0.15, 0.2) is 60.7 Å². The van der Waals surface area contributed by atoms with Gasteiger partial charge in [0.25, 0.3) is 8.32 Å². The molecule has 1 fully saturated rings. The standard InChI is InChI=1S/C25H31BO3Si/c1-6-17-25(22(27-5)18-23(26)29-25)19-28-30(24(2,3)4,20-13-9-7-10-14-20)21-15-11-8-12-16-21/h1,7-16,22-23H,17-19H2,2-5H3/t22-,23+,25+/m0/s1. The molecule has 3 atom stereocenters. The Morgan fingerprint density at radius 1 is 1.10 bits per heavy atom. The van der Waals surface area contributed by atoms with Gasteiger partial charge in [-0.15, -0.1) is 12.3 Å². The van der Waals surface area contributed by atoms with Crippen LogP contribution in [0.1, 0.15) is 33.6 Å². The summed E-state index contributed by atoms with van der Waals surface area (Å²) in [5, 5.41) is 2.31. The molecule has 1 saturated heterocycles. The lowest BCUT2D eigenvalue weighted by molar-refractivity contribution is -0.100. The van der Waals surface area contributed by atoms with Gasteiger partial charge >= 0.3 is 0 Å². The van der Waals surface area contributed by atoms with E-state index in [9.17, 15) is 0 Å². The van der Waals surface area contributed by atoms with E-state index in [1.165, 1.54) is 10.4 Å². The highest BCUT2D eigenvalue weighted by Gasteiger charge is 2.54. The van der Waals surface area contributed by atoms with Crippen molar-refractivity contribution in [3.8, 4) is 12.3 Å². The Morgan fingerprint density at radius 2 is 1.63 bits per heavy atom. The van der Waals surface area contributed by atoms with Crippen LogP contribution < -0.4 is 10.4 Å². The molecule has 0 bridgehead atoms. The van der Waals surface area contributed by atoms with Gasteiger partial charge in [-0.2, -0.15) is 0 Å². The van der Waals surface area contributed by atoms with Crippen LogP contribution >= 0.6 is 0 Å². The summed E-state index contributed by atoms with van der Waals surface area (Å²) in [7, 11) is 5.12. The first-order valence-electron chi connectivity index (χ1n) is 10.4. The highest BCUT2D eigenvalue weighted by atomic mass is 28.4. The second-order valence-corrected chi connectivity index (χ2v) is 13.3. The van der Waals surface area contributed by atoms with E-state index < -0.39 is 19.9 Å². The molecule has 1 aliphatic heterocycles. The average Bonchev–Trinajstić information content (AvgIpc) is 3.04. The van der Waals surface area contributed by atoms with Crippen molar-refractivity contribution in [3.63, 3.8) is 0 Å².